The second-order valence-electron chi connectivity index (χ2n) is 5.67. The first-order valence-electron chi connectivity index (χ1n) is 7.50. The molecule has 0 radical (unpaired) electrons. The van der Waals surface area contributed by atoms with Gasteiger partial charge in [-0.25, -0.2) is 0 Å². The van der Waals surface area contributed by atoms with Crippen LogP contribution >= 0.6 is 0 Å². The molecule has 4 nitrogen and oxygen atoms in total. The molecule has 0 spiro atoms. The van der Waals surface area contributed by atoms with Crippen molar-refractivity contribution in [3.8, 4) is 11.5 Å². The van der Waals surface area contributed by atoms with Gasteiger partial charge in [0.05, 0.1) is 0 Å². The molecule has 0 amide bonds. The molecule has 0 aromatic heterocycles. The molecule has 0 unspecified atom stereocenters. The minimum atomic E-state index is 0. The summed E-state index contributed by atoms with van der Waals surface area (Å²) in [4.78, 5) is 8.77. The third kappa shape index (κ3) is 5.04. The summed E-state index contributed by atoms with van der Waals surface area (Å²) < 4.78 is 0. The Morgan fingerprint density at radius 1 is 0.792 bits per heavy atom. The van der Waals surface area contributed by atoms with Crippen molar-refractivity contribution in [2.75, 3.05) is 6.67 Å². The molecule has 0 aliphatic heterocycles. The fourth-order valence-electron chi connectivity index (χ4n) is 2.31. The van der Waals surface area contributed by atoms with Gasteiger partial charge in [0, 0.05) is 43.6 Å². The maximum Gasteiger partial charge on any atom is 0.129 e. The van der Waals surface area contributed by atoms with E-state index in [1.165, 1.54) is 0 Å². The topological polar surface area (TPSA) is 65.2 Å². The van der Waals surface area contributed by atoms with Crippen LogP contribution < -0.4 is 0 Å². The van der Waals surface area contributed by atoms with E-state index < -0.39 is 0 Å². The Labute approximate surface area is 157 Å². The van der Waals surface area contributed by atoms with E-state index in [0.29, 0.717) is 11.1 Å². The predicted molar refractivity (Wildman–Crippen MR) is 95.0 cm³/mol. The Bertz CT molecular complexity index is 717. The van der Waals surface area contributed by atoms with Crippen molar-refractivity contribution in [3.63, 3.8) is 0 Å². The quantitative estimate of drug-likeness (QED) is 0.618. The molecule has 5 heteroatoms. The molecule has 24 heavy (non-hydrogen) atoms. The number of rotatable bonds is 4. The van der Waals surface area contributed by atoms with E-state index in [9.17, 15) is 10.2 Å². The van der Waals surface area contributed by atoms with Crippen LogP contribution in [0.3, 0.4) is 0 Å². The molecule has 130 valence electrons. The van der Waals surface area contributed by atoms with Crippen LogP contribution in [0.5, 0.6) is 11.5 Å². The summed E-state index contributed by atoms with van der Waals surface area (Å²) in [6.45, 7) is 7.80. The van der Waals surface area contributed by atoms with Gasteiger partial charge in [-0.3, -0.25) is 9.98 Å². The van der Waals surface area contributed by atoms with Crippen LogP contribution in [0.1, 0.15) is 36.1 Å². The Morgan fingerprint density at radius 3 is 1.50 bits per heavy atom. The van der Waals surface area contributed by atoms with Crippen LogP contribution in [-0.4, -0.2) is 28.3 Å². The van der Waals surface area contributed by atoms with Gasteiger partial charge in [0.2, 0.25) is 0 Å². The van der Waals surface area contributed by atoms with Crippen molar-refractivity contribution < 1.29 is 31.3 Å². The van der Waals surface area contributed by atoms with Crippen molar-refractivity contribution in [3.05, 3.63) is 58.7 Å². The van der Waals surface area contributed by atoms with Gasteiger partial charge in [-0.2, -0.15) is 0 Å². The van der Waals surface area contributed by atoms with Gasteiger partial charge < -0.3 is 10.2 Å². The number of benzene rings is 2. The van der Waals surface area contributed by atoms with E-state index in [1.54, 1.807) is 12.1 Å². The number of aliphatic imine (C=N–C) groups is 2. The third-order valence-electron chi connectivity index (χ3n) is 3.70. The van der Waals surface area contributed by atoms with Gasteiger partial charge in [0.1, 0.15) is 18.2 Å². The maximum absolute atomic E-state index is 9.96. The van der Waals surface area contributed by atoms with Crippen LogP contribution in [0.25, 0.3) is 0 Å². The summed E-state index contributed by atoms with van der Waals surface area (Å²) in [5.41, 5.74) is 4.88. The number of phenolic OH excluding ortho intramolecular Hbond substituents is 2. The minimum absolute atomic E-state index is 0. The van der Waals surface area contributed by atoms with Gasteiger partial charge in [-0.1, -0.05) is 12.1 Å². The molecule has 0 bridgehead atoms. The second-order valence-corrected chi connectivity index (χ2v) is 5.67. The second kappa shape index (κ2) is 8.79. The van der Waals surface area contributed by atoms with E-state index in [4.69, 9.17) is 0 Å². The monoisotopic (exact) mass is 505 g/mol. The van der Waals surface area contributed by atoms with Crippen LogP contribution in [0, 0.1) is 13.8 Å². The Kier molecular flexibility index (Phi) is 7.37. The molecule has 2 rings (SSSR count). The summed E-state index contributed by atoms with van der Waals surface area (Å²) in [5, 5.41) is 19.9. The number of hydrogen-bond acceptors (Lipinski definition) is 4. The smallest absolute Gasteiger partial charge is 0.129 e. The zero-order valence-electron chi connectivity index (χ0n) is 14.3. The van der Waals surface area contributed by atoms with Gasteiger partial charge in [-0.05, 0) is 63.1 Å². The van der Waals surface area contributed by atoms with Gasteiger partial charge >= 0.3 is 0 Å². The number of aromatic hydroxyl groups is 2. The van der Waals surface area contributed by atoms with E-state index >= 15 is 0 Å². The average Bonchev–Trinajstić information content (AvgIpc) is 2.46. The van der Waals surface area contributed by atoms with Crippen molar-refractivity contribution in [1.29, 1.82) is 0 Å². The number of phenols is 2. The van der Waals surface area contributed by atoms with Gasteiger partial charge in [0.25, 0.3) is 0 Å². The number of aryl methyl sites for hydroxylation is 2. The Morgan fingerprint density at radius 2 is 1.17 bits per heavy atom. The van der Waals surface area contributed by atoms with Crippen molar-refractivity contribution >= 4 is 11.4 Å². The molecule has 2 aromatic carbocycles. The van der Waals surface area contributed by atoms with E-state index in [2.05, 4.69) is 9.98 Å². The molecule has 0 aliphatic carbocycles. The standard InChI is InChI=1S/C19H22N2O2.Pt/c1-12-5-7-16(18(22)9-12)14(3)20-11-21-15(4)17-8-6-13(2)10-19(17)23;/h5-10,22-23H,11H2,1-4H3;. The molecule has 2 aromatic rings. The minimum Gasteiger partial charge on any atom is -0.507 e. The summed E-state index contributed by atoms with van der Waals surface area (Å²) in [6, 6.07) is 11.0. The van der Waals surface area contributed by atoms with E-state index in [-0.39, 0.29) is 39.2 Å². The SMILES string of the molecule is CC(=NCN=C(C)c1ccc(C)cc1O)c1ccc(C)cc1O.[Pt]. The fourth-order valence-corrected chi connectivity index (χ4v) is 2.31. The molecule has 0 heterocycles. The summed E-state index contributed by atoms with van der Waals surface area (Å²) in [5.74, 6) is 0.450. The normalized spacial score (nSPS) is 12.0. The zero-order chi connectivity index (χ0) is 17.0. The zero-order valence-corrected chi connectivity index (χ0v) is 16.5. The average molecular weight is 505 g/mol. The Balaban J connectivity index is 0.00000288. The molecule has 0 aliphatic rings. The van der Waals surface area contributed by atoms with Crippen LogP contribution in [0.15, 0.2) is 46.4 Å². The molecular formula is C19H22N2O2Pt. The van der Waals surface area contributed by atoms with Crippen molar-refractivity contribution in [2.45, 2.75) is 27.7 Å². The van der Waals surface area contributed by atoms with E-state index in [0.717, 1.165) is 22.6 Å². The Hall–Kier alpha value is -1.93. The van der Waals surface area contributed by atoms with E-state index in [1.807, 2.05) is 52.0 Å². The first-order chi connectivity index (χ1) is 10.9. The van der Waals surface area contributed by atoms with Gasteiger partial charge in [-0.15, -0.1) is 0 Å². The molecule has 2 N–H and O–H groups in total. The fraction of sp³-hybridized carbons (Fsp3) is 0.263. The number of nitrogens with zero attached hydrogens (tertiary/aromatic N) is 2. The van der Waals surface area contributed by atoms with Crippen LogP contribution in [0.2, 0.25) is 0 Å². The molecular weight excluding hydrogens is 483 g/mol. The third-order valence-corrected chi connectivity index (χ3v) is 3.70. The first-order valence-corrected chi connectivity index (χ1v) is 7.50. The van der Waals surface area contributed by atoms with Gasteiger partial charge in [0.15, 0.2) is 0 Å². The largest absolute Gasteiger partial charge is 0.507 e. The molecule has 0 saturated heterocycles. The van der Waals surface area contributed by atoms with Crippen LogP contribution in [-0.2, 0) is 21.1 Å². The van der Waals surface area contributed by atoms with Crippen molar-refractivity contribution in [1.82, 2.24) is 0 Å². The maximum atomic E-state index is 9.96. The van der Waals surface area contributed by atoms with Crippen LogP contribution in [0.4, 0.5) is 0 Å². The summed E-state index contributed by atoms with van der Waals surface area (Å²) >= 11 is 0. The first kappa shape index (κ1) is 20.1. The summed E-state index contributed by atoms with van der Waals surface area (Å²) in [6.07, 6.45) is 0. The van der Waals surface area contributed by atoms with Crippen molar-refractivity contribution in [2.24, 2.45) is 9.98 Å². The predicted octanol–water partition coefficient (Wildman–Crippen LogP) is 3.99. The molecule has 0 fully saturated rings. The molecule has 0 atom stereocenters. The number of hydrogen-bond donors (Lipinski definition) is 2. The summed E-state index contributed by atoms with van der Waals surface area (Å²) in [7, 11) is 0. The molecule has 0 saturated carbocycles.